The number of aromatic nitrogens is 2. The lowest BCUT2D eigenvalue weighted by molar-refractivity contribution is 0.356. The highest BCUT2D eigenvalue weighted by molar-refractivity contribution is 4.95. The van der Waals surface area contributed by atoms with Gasteiger partial charge in [-0.05, 0) is 26.3 Å². The summed E-state index contributed by atoms with van der Waals surface area (Å²) < 4.78 is 2.26. The van der Waals surface area contributed by atoms with Crippen LogP contribution in [0.3, 0.4) is 0 Å². The number of rotatable bonds is 6. The number of likely N-dealkylation sites (N-methyl/N-ethyl adjacent to an activating group) is 1. The maximum atomic E-state index is 4.51. The number of imidazole rings is 1. The second-order valence-electron chi connectivity index (χ2n) is 5.91. The third-order valence-electron chi connectivity index (χ3n) is 4.57. The highest BCUT2D eigenvalue weighted by Gasteiger charge is 2.18. The lowest BCUT2D eigenvalue weighted by Gasteiger charge is -2.22. The summed E-state index contributed by atoms with van der Waals surface area (Å²) in [5, 5.41) is 3.51. The van der Waals surface area contributed by atoms with Crippen molar-refractivity contribution >= 4 is 0 Å². The van der Waals surface area contributed by atoms with Crippen molar-refractivity contribution in [3.05, 3.63) is 18.2 Å². The molecule has 2 rings (SSSR count). The molecule has 1 aliphatic rings. The lowest BCUT2D eigenvalue weighted by Crippen LogP contribution is -2.31. The van der Waals surface area contributed by atoms with E-state index in [9.17, 15) is 0 Å². The fourth-order valence-corrected chi connectivity index (χ4v) is 3.34. The van der Waals surface area contributed by atoms with Gasteiger partial charge in [0.2, 0.25) is 0 Å². The van der Waals surface area contributed by atoms with Gasteiger partial charge in [0.1, 0.15) is 5.82 Å². The Labute approximate surface area is 117 Å². The maximum absolute atomic E-state index is 4.51. The number of aryl methyl sites for hydroxylation is 1. The summed E-state index contributed by atoms with van der Waals surface area (Å²) in [4.78, 5) is 4.51. The quantitative estimate of drug-likeness (QED) is 0.797. The monoisotopic (exact) mass is 263 g/mol. The van der Waals surface area contributed by atoms with Crippen molar-refractivity contribution in [3.8, 4) is 0 Å². The lowest BCUT2D eigenvalue weighted by atomic mass is 9.91. The molecule has 0 saturated heterocycles. The molecule has 1 aliphatic carbocycles. The smallest absolute Gasteiger partial charge is 0.110 e. The first-order valence-electron chi connectivity index (χ1n) is 8.00. The molecule has 1 atom stereocenters. The number of nitrogens with one attached hydrogen (secondary N) is 1. The highest BCUT2D eigenvalue weighted by Crippen LogP contribution is 2.27. The Morgan fingerprint density at radius 3 is 2.68 bits per heavy atom. The third kappa shape index (κ3) is 4.34. The summed E-state index contributed by atoms with van der Waals surface area (Å²) in [6.07, 6.45) is 15.0. The van der Waals surface area contributed by atoms with Crippen molar-refractivity contribution in [1.82, 2.24) is 14.9 Å². The van der Waals surface area contributed by atoms with Gasteiger partial charge in [0.05, 0.1) is 0 Å². The molecule has 1 aromatic rings. The highest BCUT2D eigenvalue weighted by atomic mass is 15.1. The normalized spacial score (nSPS) is 19.3. The summed E-state index contributed by atoms with van der Waals surface area (Å²) in [6, 6.07) is 0.579. The molecular weight excluding hydrogens is 234 g/mol. The molecule has 1 N–H and O–H groups in total. The van der Waals surface area contributed by atoms with Crippen LogP contribution in [-0.4, -0.2) is 22.6 Å². The molecule has 0 spiro atoms. The van der Waals surface area contributed by atoms with Crippen LogP contribution in [0.5, 0.6) is 0 Å². The van der Waals surface area contributed by atoms with Crippen molar-refractivity contribution in [2.24, 2.45) is 5.92 Å². The van der Waals surface area contributed by atoms with Crippen molar-refractivity contribution in [2.75, 3.05) is 7.05 Å². The average molecular weight is 263 g/mol. The van der Waals surface area contributed by atoms with E-state index in [1.54, 1.807) is 0 Å². The minimum absolute atomic E-state index is 0.579. The van der Waals surface area contributed by atoms with Crippen LogP contribution in [-0.2, 0) is 13.0 Å². The third-order valence-corrected chi connectivity index (χ3v) is 4.57. The van der Waals surface area contributed by atoms with Crippen molar-refractivity contribution in [3.63, 3.8) is 0 Å². The molecule has 0 radical (unpaired) electrons. The van der Waals surface area contributed by atoms with Gasteiger partial charge in [-0.15, -0.1) is 0 Å². The maximum Gasteiger partial charge on any atom is 0.110 e. The van der Waals surface area contributed by atoms with E-state index >= 15 is 0 Å². The Morgan fingerprint density at radius 2 is 2.05 bits per heavy atom. The minimum atomic E-state index is 0.579. The molecule has 0 aliphatic heterocycles. The molecule has 1 saturated carbocycles. The van der Waals surface area contributed by atoms with Gasteiger partial charge in [-0.1, -0.05) is 38.5 Å². The first-order valence-corrected chi connectivity index (χ1v) is 8.00. The first-order chi connectivity index (χ1) is 9.33. The van der Waals surface area contributed by atoms with E-state index in [0.717, 1.165) is 18.9 Å². The van der Waals surface area contributed by atoms with Gasteiger partial charge in [0.15, 0.2) is 0 Å². The van der Waals surface area contributed by atoms with Gasteiger partial charge < -0.3 is 9.88 Å². The molecular formula is C16H29N3. The van der Waals surface area contributed by atoms with Gasteiger partial charge >= 0.3 is 0 Å². The summed E-state index contributed by atoms with van der Waals surface area (Å²) in [5.41, 5.74) is 0. The number of hydrogen-bond acceptors (Lipinski definition) is 2. The summed E-state index contributed by atoms with van der Waals surface area (Å²) in [7, 11) is 2.10. The van der Waals surface area contributed by atoms with Crippen LogP contribution in [0.1, 0.15) is 57.7 Å². The summed E-state index contributed by atoms with van der Waals surface area (Å²) in [6.45, 7) is 3.21. The molecule has 3 nitrogen and oxygen atoms in total. The zero-order chi connectivity index (χ0) is 13.5. The number of nitrogens with zero attached hydrogens (tertiary/aromatic N) is 2. The molecule has 19 heavy (non-hydrogen) atoms. The Kier molecular flexibility index (Phi) is 5.90. The van der Waals surface area contributed by atoms with Crippen LogP contribution in [0.15, 0.2) is 12.4 Å². The molecule has 1 fully saturated rings. The molecule has 1 unspecified atom stereocenters. The van der Waals surface area contributed by atoms with E-state index < -0.39 is 0 Å². The molecule has 0 bridgehead atoms. The van der Waals surface area contributed by atoms with Crippen LogP contribution < -0.4 is 5.32 Å². The Bertz CT molecular complexity index is 351. The molecule has 108 valence electrons. The molecule has 0 amide bonds. The zero-order valence-electron chi connectivity index (χ0n) is 12.6. The summed E-state index contributed by atoms with van der Waals surface area (Å²) >= 11 is 0. The van der Waals surface area contributed by atoms with Crippen LogP contribution >= 0.6 is 0 Å². The fourth-order valence-electron chi connectivity index (χ4n) is 3.34. The van der Waals surface area contributed by atoms with E-state index in [4.69, 9.17) is 0 Å². The average Bonchev–Trinajstić information content (AvgIpc) is 2.72. The van der Waals surface area contributed by atoms with Gasteiger partial charge in [-0.3, -0.25) is 0 Å². The molecule has 1 heterocycles. The van der Waals surface area contributed by atoms with Crippen LogP contribution in [0.4, 0.5) is 0 Å². The van der Waals surface area contributed by atoms with Gasteiger partial charge in [-0.2, -0.15) is 0 Å². The van der Waals surface area contributed by atoms with Crippen molar-refractivity contribution in [2.45, 2.75) is 70.9 Å². The zero-order valence-corrected chi connectivity index (χ0v) is 12.6. The van der Waals surface area contributed by atoms with E-state index in [1.165, 1.54) is 50.8 Å². The minimum Gasteiger partial charge on any atom is -0.335 e. The predicted molar refractivity (Wildman–Crippen MR) is 80.3 cm³/mol. The van der Waals surface area contributed by atoms with E-state index in [0.29, 0.717) is 6.04 Å². The van der Waals surface area contributed by atoms with E-state index in [1.807, 2.05) is 6.20 Å². The molecule has 3 heteroatoms. The van der Waals surface area contributed by atoms with Crippen molar-refractivity contribution < 1.29 is 0 Å². The summed E-state index contributed by atoms with van der Waals surface area (Å²) in [5.74, 6) is 2.15. The topological polar surface area (TPSA) is 29.9 Å². The van der Waals surface area contributed by atoms with E-state index in [2.05, 4.69) is 35.0 Å². The Hall–Kier alpha value is -0.830. The van der Waals surface area contributed by atoms with Gasteiger partial charge in [-0.25, -0.2) is 4.98 Å². The molecule has 0 aromatic carbocycles. The Morgan fingerprint density at radius 1 is 1.32 bits per heavy atom. The van der Waals surface area contributed by atoms with E-state index in [-0.39, 0.29) is 0 Å². The largest absolute Gasteiger partial charge is 0.335 e. The SMILES string of the molecule is CCn1ccnc1CC(CC1CCCCCC1)NC. The van der Waals surface area contributed by atoms with Gasteiger partial charge in [0, 0.05) is 31.4 Å². The standard InChI is InChI=1S/C16H29N3/c1-3-19-11-10-18-16(19)13-15(17-2)12-14-8-6-4-5-7-9-14/h10-11,14-15,17H,3-9,12-13H2,1-2H3. The van der Waals surface area contributed by atoms with Gasteiger partial charge in [0.25, 0.3) is 0 Å². The van der Waals surface area contributed by atoms with Crippen LogP contribution in [0.25, 0.3) is 0 Å². The fraction of sp³-hybridized carbons (Fsp3) is 0.812. The predicted octanol–water partition coefficient (Wildman–Crippen LogP) is 3.39. The van der Waals surface area contributed by atoms with Crippen molar-refractivity contribution in [1.29, 1.82) is 0 Å². The first kappa shape index (κ1) is 14.6. The van der Waals surface area contributed by atoms with Crippen LogP contribution in [0.2, 0.25) is 0 Å². The second-order valence-corrected chi connectivity index (χ2v) is 5.91. The van der Waals surface area contributed by atoms with Crippen LogP contribution in [0, 0.1) is 5.92 Å². The number of hydrogen-bond donors (Lipinski definition) is 1. The molecule has 1 aromatic heterocycles. The Balaban J connectivity index is 1.88. The second kappa shape index (κ2) is 7.68.